The molecule has 0 aliphatic carbocycles. The van der Waals surface area contributed by atoms with Gasteiger partial charge in [-0.3, -0.25) is 0 Å². The molecule has 0 aromatic heterocycles. The zero-order valence-electron chi connectivity index (χ0n) is 8.96. The quantitative estimate of drug-likeness (QED) is 0.757. The van der Waals surface area contributed by atoms with Crippen LogP contribution in [0.3, 0.4) is 0 Å². The van der Waals surface area contributed by atoms with Crippen molar-refractivity contribution in [2.45, 2.75) is 31.7 Å². The van der Waals surface area contributed by atoms with Crippen LogP contribution < -0.4 is 10.1 Å². The zero-order valence-corrected chi connectivity index (χ0v) is 8.96. The summed E-state index contributed by atoms with van der Waals surface area (Å²) in [5, 5.41) is 3.59. The highest BCUT2D eigenvalue weighted by Crippen LogP contribution is 2.30. The first kappa shape index (κ1) is 9.22. The number of ether oxygens (including phenoxy) is 1. The third-order valence-electron chi connectivity index (χ3n) is 3.43. The van der Waals surface area contributed by atoms with E-state index in [1.807, 2.05) is 0 Å². The molecular formula is C13H17NO. The first-order valence-corrected chi connectivity index (χ1v) is 5.92. The smallest absolute Gasteiger partial charge is 0.122 e. The van der Waals surface area contributed by atoms with E-state index >= 15 is 0 Å². The van der Waals surface area contributed by atoms with Crippen LogP contribution in [0, 0.1) is 0 Å². The van der Waals surface area contributed by atoms with E-state index in [1.165, 1.54) is 30.4 Å². The lowest BCUT2D eigenvalue weighted by molar-refractivity contribution is 0.356. The molecule has 2 nitrogen and oxygen atoms in total. The van der Waals surface area contributed by atoms with Gasteiger partial charge in [0, 0.05) is 12.5 Å². The topological polar surface area (TPSA) is 21.3 Å². The van der Waals surface area contributed by atoms with Gasteiger partial charge in [-0.2, -0.15) is 0 Å². The molecule has 1 atom stereocenters. The molecule has 0 bridgehead atoms. The maximum Gasteiger partial charge on any atom is 0.122 e. The van der Waals surface area contributed by atoms with Gasteiger partial charge in [-0.05, 0) is 36.6 Å². The van der Waals surface area contributed by atoms with Crippen LogP contribution in [-0.2, 0) is 6.42 Å². The molecule has 2 heteroatoms. The summed E-state index contributed by atoms with van der Waals surface area (Å²) in [6, 6.07) is 7.25. The molecule has 1 saturated heterocycles. The highest BCUT2D eigenvalue weighted by Gasteiger charge is 2.18. The second kappa shape index (κ2) is 3.86. The summed E-state index contributed by atoms with van der Waals surface area (Å²) in [6.07, 6.45) is 5.03. The zero-order chi connectivity index (χ0) is 10.1. The molecule has 1 fully saturated rings. The van der Waals surface area contributed by atoms with E-state index in [0.717, 1.165) is 25.3 Å². The minimum atomic E-state index is 0.574. The van der Waals surface area contributed by atoms with E-state index in [4.69, 9.17) is 4.74 Å². The van der Waals surface area contributed by atoms with Gasteiger partial charge in [-0.25, -0.2) is 0 Å². The van der Waals surface area contributed by atoms with Crippen molar-refractivity contribution in [2.75, 3.05) is 13.2 Å². The molecule has 1 aromatic carbocycles. The molecule has 0 amide bonds. The number of piperidine rings is 1. The third kappa shape index (κ3) is 1.74. The van der Waals surface area contributed by atoms with Gasteiger partial charge in [-0.15, -0.1) is 0 Å². The Kier molecular flexibility index (Phi) is 2.37. The molecule has 0 unspecified atom stereocenters. The first-order valence-electron chi connectivity index (χ1n) is 5.92. The fourth-order valence-electron chi connectivity index (χ4n) is 2.56. The number of fused-ring (bicyclic) bond motifs is 1. The lowest BCUT2D eigenvalue weighted by Crippen LogP contribution is -2.26. The molecular weight excluding hydrogens is 186 g/mol. The maximum atomic E-state index is 5.52. The van der Waals surface area contributed by atoms with E-state index < -0.39 is 0 Å². The Bertz CT molecular complexity index is 356. The van der Waals surface area contributed by atoms with Crippen LogP contribution in [0.5, 0.6) is 5.75 Å². The molecule has 3 rings (SSSR count). The average molecular weight is 203 g/mol. The van der Waals surface area contributed by atoms with Crippen molar-refractivity contribution in [3.05, 3.63) is 29.3 Å². The van der Waals surface area contributed by atoms with Gasteiger partial charge < -0.3 is 10.1 Å². The molecule has 0 spiro atoms. The molecule has 0 saturated carbocycles. The van der Waals surface area contributed by atoms with Gasteiger partial charge in [0.25, 0.3) is 0 Å². The summed E-state index contributed by atoms with van der Waals surface area (Å²) in [5.74, 6) is 1.09. The van der Waals surface area contributed by atoms with Crippen LogP contribution in [0.25, 0.3) is 0 Å². The van der Waals surface area contributed by atoms with E-state index in [2.05, 4.69) is 23.5 Å². The second-order valence-corrected chi connectivity index (χ2v) is 4.47. The fraction of sp³-hybridized carbons (Fsp3) is 0.538. The van der Waals surface area contributed by atoms with Gasteiger partial charge in [0.2, 0.25) is 0 Å². The van der Waals surface area contributed by atoms with Crippen molar-refractivity contribution in [1.82, 2.24) is 5.32 Å². The largest absolute Gasteiger partial charge is 0.493 e. The van der Waals surface area contributed by atoms with Crippen LogP contribution in [0.4, 0.5) is 0 Å². The van der Waals surface area contributed by atoms with E-state index in [1.54, 1.807) is 0 Å². The van der Waals surface area contributed by atoms with Gasteiger partial charge >= 0.3 is 0 Å². The number of benzene rings is 1. The van der Waals surface area contributed by atoms with E-state index in [0.29, 0.717) is 6.04 Å². The second-order valence-electron chi connectivity index (χ2n) is 4.47. The molecule has 0 radical (unpaired) electrons. The molecule has 1 N–H and O–H groups in total. The predicted octanol–water partition coefficient (Wildman–Crippen LogP) is 2.44. The van der Waals surface area contributed by atoms with Crippen LogP contribution >= 0.6 is 0 Å². The summed E-state index contributed by atoms with van der Waals surface area (Å²) in [5.41, 5.74) is 2.83. The van der Waals surface area contributed by atoms with Gasteiger partial charge in [0.15, 0.2) is 0 Å². The number of hydrogen-bond donors (Lipinski definition) is 1. The summed E-state index contributed by atoms with van der Waals surface area (Å²) in [4.78, 5) is 0. The Labute approximate surface area is 90.6 Å². The van der Waals surface area contributed by atoms with Gasteiger partial charge in [-0.1, -0.05) is 18.6 Å². The Hall–Kier alpha value is -1.02. The SMILES string of the molecule is c1cc2c(cc1[C@@H]1CCCCN1)CCO2. The van der Waals surface area contributed by atoms with Crippen molar-refractivity contribution in [3.8, 4) is 5.75 Å². The number of nitrogens with one attached hydrogen (secondary N) is 1. The van der Waals surface area contributed by atoms with Crippen molar-refractivity contribution in [2.24, 2.45) is 0 Å². The Morgan fingerprint density at radius 3 is 3.13 bits per heavy atom. The monoisotopic (exact) mass is 203 g/mol. The van der Waals surface area contributed by atoms with Crippen molar-refractivity contribution in [3.63, 3.8) is 0 Å². The lowest BCUT2D eigenvalue weighted by Gasteiger charge is -2.24. The van der Waals surface area contributed by atoms with Crippen LogP contribution in [0.2, 0.25) is 0 Å². The van der Waals surface area contributed by atoms with E-state index in [-0.39, 0.29) is 0 Å². The maximum absolute atomic E-state index is 5.52. The molecule has 2 heterocycles. The van der Waals surface area contributed by atoms with Crippen molar-refractivity contribution in [1.29, 1.82) is 0 Å². The first-order chi connectivity index (χ1) is 7.43. The van der Waals surface area contributed by atoms with Crippen molar-refractivity contribution < 1.29 is 4.74 Å². The molecule has 15 heavy (non-hydrogen) atoms. The standard InChI is InChI=1S/C13H17NO/c1-2-7-14-12(3-1)10-4-5-13-11(9-10)6-8-15-13/h4-5,9,12,14H,1-3,6-8H2/t12-/m0/s1. The van der Waals surface area contributed by atoms with Gasteiger partial charge in [0.05, 0.1) is 6.61 Å². The van der Waals surface area contributed by atoms with Crippen molar-refractivity contribution >= 4 is 0 Å². The van der Waals surface area contributed by atoms with Crippen LogP contribution in [0.15, 0.2) is 18.2 Å². The lowest BCUT2D eigenvalue weighted by atomic mass is 9.96. The third-order valence-corrected chi connectivity index (χ3v) is 3.43. The molecule has 80 valence electrons. The Morgan fingerprint density at radius 2 is 2.27 bits per heavy atom. The van der Waals surface area contributed by atoms with Crippen LogP contribution in [-0.4, -0.2) is 13.2 Å². The summed E-state index contributed by atoms with van der Waals surface area (Å²) >= 11 is 0. The molecule has 2 aliphatic rings. The van der Waals surface area contributed by atoms with Crippen LogP contribution in [0.1, 0.15) is 36.4 Å². The Morgan fingerprint density at radius 1 is 1.27 bits per heavy atom. The molecule has 2 aliphatic heterocycles. The minimum Gasteiger partial charge on any atom is -0.493 e. The average Bonchev–Trinajstić information content (AvgIpc) is 2.77. The van der Waals surface area contributed by atoms with Gasteiger partial charge in [0.1, 0.15) is 5.75 Å². The Balaban J connectivity index is 1.85. The minimum absolute atomic E-state index is 0.574. The summed E-state index contributed by atoms with van der Waals surface area (Å²) in [7, 11) is 0. The number of rotatable bonds is 1. The fourth-order valence-corrected chi connectivity index (χ4v) is 2.56. The molecule has 1 aromatic rings. The van der Waals surface area contributed by atoms with E-state index in [9.17, 15) is 0 Å². The number of hydrogen-bond acceptors (Lipinski definition) is 2. The normalized spacial score (nSPS) is 24.7. The highest BCUT2D eigenvalue weighted by atomic mass is 16.5. The summed E-state index contributed by atoms with van der Waals surface area (Å²) < 4.78 is 5.52. The highest BCUT2D eigenvalue weighted by molar-refractivity contribution is 5.40. The predicted molar refractivity (Wildman–Crippen MR) is 60.2 cm³/mol. The summed E-state index contributed by atoms with van der Waals surface area (Å²) in [6.45, 7) is 2.02.